The van der Waals surface area contributed by atoms with Crippen molar-refractivity contribution in [2.45, 2.75) is 154 Å². The van der Waals surface area contributed by atoms with Gasteiger partial charge in [0.25, 0.3) is 0 Å². The van der Waals surface area contributed by atoms with Crippen molar-refractivity contribution in [2.24, 2.45) is 0 Å². The Morgan fingerprint density at radius 1 is 0.268 bits per heavy atom. The molecule has 5 fully saturated rings. The molecule has 26 nitrogen and oxygen atoms in total. The Balaban J connectivity index is 1.45. The zero-order chi connectivity index (χ0) is 41.3. The minimum atomic E-state index is -2.16. The Labute approximate surface area is 316 Å². The standard InChI is InChI=1S/C30H52O26/c31-1-6-12(37)17(42)22(26(47)48-6)53-28-24(19(44)14(39)8(3-33)50-28)55-30-25(20(45)15(40)10(5-35)52-30)56-29-23(18(43)13(38)9(4-34)51-29)54-27-21(46)16(41)11(36)7(2-32)49-27/h6-47H,1-5H2/t6-,7-,8-,9-,10-,11-,12-,13-,14-,15-,16+,17+,18+,19+,20+,21-,22-,23-,24-,25-,26?,27-,28-,29-,30-/m1/s1. The fraction of sp³-hybridized carbons (Fsp3) is 1.00. The molecular formula is C30H52O26. The molecule has 0 aromatic carbocycles. The summed E-state index contributed by atoms with van der Waals surface area (Å²) in [5, 5.41) is 177. The summed E-state index contributed by atoms with van der Waals surface area (Å²) in [5.74, 6) is 0. The Morgan fingerprint density at radius 2 is 0.518 bits per heavy atom. The van der Waals surface area contributed by atoms with E-state index in [-0.39, 0.29) is 0 Å². The summed E-state index contributed by atoms with van der Waals surface area (Å²) in [6.45, 7) is -4.60. The van der Waals surface area contributed by atoms with Crippen LogP contribution in [0.25, 0.3) is 0 Å². The van der Waals surface area contributed by atoms with Crippen LogP contribution in [0.15, 0.2) is 0 Å². The summed E-state index contributed by atoms with van der Waals surface area (Å²) < 4.78 is 50.2. The van der Waals surface area contributed by atoms with Crippen molar-refractivity contribution in [3.8, 4) is 0 Å². The lowest BCUT2D eigenvalue weighted by Gasteiger charge is -2.50. The first-order valence-corrected chi connectivity index (χ1v) is 17.6. The van der Waals surface area contributed by atoms with Gasteiger partial charge in [0.1, 0.15) is 122 Å². The maximum Gasteiger partial charge on any atom is 0.187 e. The summed E-state index contributed by atoms with van der Waals surface area (Å²) in [6.07, 6.45) is -48.2. The lowest BCUT2D eigenvalue weighted by Crippen LogP contribution is -2.68. The van der Waals surface area contributed by atoms with Gasteiger partial charge in [-0.2, -0.15) is 0 Å². The molecule has 26 heteroatoms. The van der Waals surface area contributed by atoms with E-state index in [1.165, 1.54) is 0 Å². The Morgan fingerprint density at radius 3 is 0.857 bits per heavy atom. The molecule has 25 atom stereocenters. The molecule has 0 spiro atoms. The maximum absolute atomic E-state index is 11.3. The normalized spacial score (nSPS) is 53.2. The number of rotatable bonds is 13. The third-order valence-corrected chi connectivity index (χ3v) is 10.3. The van der Waals surface area contributed by atoms with Crippen LogP contribution in [0.5, 0.6) is 0 Å². The molecule has 0 aliphatic carbocycles. The molecule has 5 aliphatic heterocycles. The van der Waals surface area contributed by atoms with E-state index >= 15 is 0 Å². The van der Waals surface area contributed by atoms with Crippen LogP contribution in [0.1, 0.15) is 0 Å². The highest BCUT2D eigenvalue weighted by molar-refractivity contribution is 4.98. The van der Waals surface area contributed by atoms with Gasteiger partial charge in [-0.05, 0) is 0 Å². The minimum absolute atomic E-state index is 0.833. The lowest BCUT2D eigenvalue weighted by molar-refractivity contribution is -0.412. The lowest BCUT2D eigenvalue weighted by atomic mass is 9.95. The van der Waals surface area contributed by atoms with Crippen LogP contribution in [0.2, 0.25) is 0 Å². The molecule has 5 aliphatic rings. The third kappa shape index (κ3) is 9.16. The van der Waals surface area contributed by atoms with Crippen molar-refractivity contribution in [3.05, 3.63) is 0 Å². The average molecular weight is 829 g/mol. The largest absolute Gasteiger partial charge is 0.394 e. The molecule has 1 unspecified atom stereocenters. The summed E-state index contributed by atoms with van der Waals surface area (Å²) in [4.78, 5) is 0. The van der Waals surface area contributed by atoms with Crippen LogP contribution < -0.4 is 0 Å². The van der Waals surface area contributed by atoms with Crippen molar-refractivity contribution in [1.82, 2.24) is 0 Å². The molecule has 0 radical (unpaired) electrons. The minimum Gasteiger partial charge on any atom is -0.394 e. The highest BCUT2D eigenvalue weighted by Crippen LogP contribution is 2.36. The van der Waals surface area contributed by atoms with Crippen LogP contribution in [-0.2, 0) is 42.6 Å². The molecular weight excluding hydrogens is 776 g/mol. The van der Waals surface area contributed by atoms with Crippen molar-refractivity contribution >= 4 is 0 Å². The molecule has 5 heterocycles. The molecule has 0 bridgehead atoms. The van der Waals surface area contributed by atoms with Gasteiger partial charge in [0.15, 0.2) is 31.5 Å². The predicted molar refractivity (Wildman–Crippen MR) is 167 cm³/mol. The molecule has 56 heavy (non-hydrogen) atoms. The van der Waals surface area contributed by atoms with E-state index in [0.717, 1.165) is 0 Å². The number of hydrogen-bond donors (Lipinski definition) is 17. The molecule has 328 valence electrons. The summed E-state index contributed by atoms with van der Waals surface area (Å²) >= 11 is 0. The molecule has 0 aromatic heterocycles. The molecule has 0 saturated carbocycles. The van der Waals surface area contributed by atoms with Crippen LogP contribution in [0.3, 0.4) is 0 Å². The van der Waals surface area contributed by atoms with E-state index in [2.05, 4.69) is 0 Å². The van der Waals surface area contributed by atoms with Gasteiger partial charge in [0.05, 0.1) is 33.0 Å². The van der Waals surface area contributed by atoms with E-state index in [4.69, 9.17) is 42.6 Å². The highest BCUT2D eigenvalue weighted by atomic mass is 16.8. The Hall–Kier alpha value is -1.04. The maximum atomic E-state index is 11.3. The van der Waals surface area contributed by atoms with Gasteiger partial charge in [-0.25, -0.2) is 0 Å². The van der Waals surface area contributed by atoms with Crippen LogP contribution in [0.4, 0.5) is 0 Å². The van der Waals surface area contributed by atoms with Crippen molar-refractivity contribution in [3.63, 3.8) is 0 Å². The van der Waals surface area contributed by atoms with Crippen LogP contribution >= 0.6 is 0 Å². The first-order chi connectivity index (χ1) is 26.5. The summed E-state index contributed by atoms with van der Waals surface area (Å²) in [5.41, 5.74) is 0. The van der Waals surface area contributed by atoms with Gasteiger partial charge in [-0.3, -0.25) is 0 Å². The average Bonchev–Trinajstić information content (AvgIpc) is 3.19. The zero-order valence-corrected chi connectivity index (χ0v) is 29.2. The van der Waals surface area contributed by atoms with E-state index in [1.54, 1.807) is 0 Å². The van der Waals surface area contributed by atoms with Gasteiger partial charge >= 0.3 is 0 Å². The first kappa shape index (κ1) is 46.0. The van der Waals surface area contributed by atoms with Gasteiger partial charge in [-0.15, -0.1) is 0 Å². The smallest absolute Gasteiger partial charge is 0.187 e. The SMILES string of the molecule is OC[C@H]1O[C@H](O[C@H]2[C@@H](O[C@H]3[C@@H](O[C@H]4[C@@H](O[C@H]5C(O)O[C@H](CO)[C@@H](O)[C@@H]5O)O[C@H](CO)[C@@H](O)[C@@H]4O)O[C@H](CO)[C@@H](O)[C@@H]3O)O[C@H](CO)[C@@H](O)[C@@H]2O)[C@H](O)[C@@H](O)[C@@H]1O. The van der Waals surface area contributed by atoms with Crippen LogP contribution in [0, 0.1) is 0 Å². The van der Waals surface area contributed by atoms with Gasteiger partial charge in [0.2, 0.25) is 0 Å². The van der Waals surface area contributed by atoms with Crippen molar-refractivity contribution in [2.75, 3.05) is 33.0 Å². The second kappa shape index (κ2) is 19.6. The monoisotopic (exact) mass is 828 g/mol. The fourth-order valence-electron chi connectivity index (χ4n) is 6.95. The fourth-order valence-corrected chi connectivity index (χ4v) is 6.95. The van der Waals surface area contributed by atoms with Gasteiger partial charge in [0, 0.05) is 0 Å². The van der Waals surface area contributed by atoms with E-state index in [0.29, 0.717) is 0 Å². The predicted octanol–water partition coefficient (Wildman–Crippen LogP) is -11.9. The molecule has 0 amide bonds. The van der Waals surface area contributed by atoms with E-state index < -0.39 is 187 Å². The summed E-state index contributed by atoms with van der Waals surface area (Å²) in [7, 11) is 0. The number of aliphatic hydroxyl groups excluding tert-OH is 17. The quantitative estimate of drug-likeness (QED) is 0.0819. The number of ether oxygens (including phenoxy) is 9. The van der Waals surface area contributed by atoms with Crippen LogP contribution in [-0.4, -0.2) is 273 Å². The first-order valence-electron chi connectivity index (χ1n) is 17.6. The number of aliphatic hydroxyl groups is 17. The topological polar surface area (TPSA) is 427 Å². The van der Waals surface area contributed by atoms with Gasteiger partial charge < -0.3 is 129 Å². The molecule has 0 aromatic rings. The number of hydrogen-bond acceptors (Lipinski definition) is 26. The Kier molecular flexibility index (Phi) is 16.1. The van der Waals surface area contributed by atoms with E-state index in [9.17, 15) is 86.8 Å². The second-order valence-corrected chi connectivity index (χ2v) is 13.9. The molecule has 5 saturated heterocycles. The molecule has 5 rings (SSSR count). The van der Waals surface area contributed by atoms with Crippen molar-refractivity contribution in [1.29, 1.82) is 0 Å². The van der Waals surface area contributed by atoms with Gasteiger partial charge in [-0.1, -0.05) is 0 Å². The highest BCUT2D eigenvalue weighted by Gasteiger charge is 2.57. The zero-order valence-electron chi connectivity index (χ0n) is 29.2. The third-order valence-electron chi connectivity index (χ3n) is 10.3. The van der Waals surface area contributed by atoms with Crippen molar-refractivity contribution < 1.29 is 129 Å². The second-order valence-electron chi connectivity index (χ2n) is 13.9. The Bertz CT molecular complexity index is 1210. The molecule has 17 N–H and O–H groups in total. The summed E-state index contributed by atoms with van der Waals surface area (Å²) in [6, 6.07) is 0. The van der Waals surface area contributed by atoms with E-state index in [1.807, 2.05) is 0 Å².